The van der Waals surface area contributed by atoms with Gasteiger partial charge in [-0.3, -0.25) is 14.6 Å². The second kappa shape index (κ2) is 8.14. The Morgan fingerprint density at radius 2 is 2.00 bits per heavy atom. The molecular formula is C27H28N4O4. The lowest BCUT2D eigenvalue weighted by Crippen LogP contribution is -2.49. The number of carbonyl (C=O) groups excluding carboxylic acids is 2. The number of nitriles is 1. The predicted molar refractivity (Wildman–Crippen MR) is 126 cm³/mol. The average Bonchev–Trinajstić information content (AvgIpc) is 3.46. The highest BCUT2D eigenvalue weighted by molar-refractivity contribution is 5.95. The Hall–Kier alpha value is -3.28. The molecule has 3 unspecified atom stereocenters. The molecule has 2 aromatic rings. The number of cyclic esters (lactones) is 1. The molecule has 1 amide bonds. The number of aliphatic hydroxyl groups is 1. The van der Waals surface area contributed by atoms with E-state index in [0.29, 0.717) is 48.5 Å². The lowest BCUT2D eigenvalue weighted by atomic mass is 9.74. The van der Waals surface area contributed by atoms with E-state index in [-0.39, 0.29) is 23.9 Å². The fourth-order valence-electron chi connectivity index (χ4n) is 6.85. The number of benzene rings is 1. The summed E-state index contributed by atoms with van der Waals surface area (Å²) < 4.78 is 5.17. The van der Waals surface area contributed by atoms with E-state index in [9.17, 15) is 14.7 Å². The van der Waals surface area contributed by atoms with E-state index in [0.717, 1.165) is 42.4 Å². The molecule has 3 fully saturated rings. The maximum atomic E-state index is 13.0. The second-order valence-electron chi connectivity index (χ2n) is 10.6. The molecule has 6 rings (SSSR count). The Kier molecular flexibility index (Phi) is 5.17. The Morgan fingerprint density at radius 3 is 2.69 bits per heavy atom. The van der Waals surface area contributed by atoms with E-state index in [2.05, 4.69) is 16.0 Å². The molecular weight excluding hydrogens is 444 g/mol. The smallest absolute Gasteiger partial charge is 0.338 e. The zero-order chi connectivity index (χ0) is 24.3. The number of fused-ring (bicyclic) bond motifs is 3. The summed E-state index contributed by atoms with van der Waals surface area (Å²) in [4.78, 5) is 33.4. The zero-order valence-electron chi connectivity index (χ0n) is 19.7. The molecule has 0 radical (unpaired) electrons. The number of carbonyl (C=O) groups is 2. The largest absolute Gasteiger partial charge is 0.457 e. The lowest BCUT2D eigenvalue weighted by Gasteiger charge is -2.45. The number of esters is 1. The molecule has 1 spiro atoms. The van der Waals surface area contributed by atoms with Crippen LogP contribution in [0, 0.1) is 23.7 Å². The summed E-state index contributed by atoms with van der Waals surface area (Å²) in [6.07, 6.45) is 5.42. The molecule has 0 aliphatic carbocycles. The molecule has 1 aromatic carbocycles. The molecule has 35 heavy (non-hydrogen) atoms. The van der Waals surface area contributed by atoms with E-state index >= 15 is 0 Å². The van der Waals surface area contributed by atoms with Crippen LogP contribution in [-0.2, 0) is 16.1 Å². The number of ether oxygens (including phenoxy) is 1. The van der Waals surface area contributed by atoms with Crippen molar-refractivity contribution < 1.29 is 19.4 Å². The van der Waals surface area contributed by atoms with Gasteiger partial charge in [0.1, 0.15) is 18.5 Å². The summed E-state index contributed by atoms with van der Waals surface area (Å²) in [5.74, 6) is 0.422. The molecule has 1 N–H and O–H groups in total. The predicted octanol–water partition coefficient (Wildman–Crippen LogP) is 3.02. The fourth-order valence-corrected chi connectivity index (χ4v) is 6.85. The minimum atomic E-state index is -0.641. The summed E-state index contributed by atoms with van der Waals surface area (Å²) in [6.45, 7) is 3.44. The van der Waals surface area contributed by atoms with Gasteiger partial charge in [0, 0.05) is 48.8 Å². The van der Waals surface area contributed by atoms with Crippen LogP contribution in [0.4, 0.5) is 5.82 Å². The third kappa shape index (κ3) is 3.62. The van der Waals surface area contributed by atoms with E-state index in [1.54, 1.807) is 23.1 Å². The van der Waals surface area contributed by atoms with Gasteiger partial charge in [0.2, 0.25) is 5.91 Å². The van der Waals surface area contributed by atoms with Crippen molar-refractivity contribution in [3.63, 3.8) is 0 Å². The molecule has 3 saturated heterocycles. The highest BCUT2D eigenvalue weighted by Crippen LogP contribution is 2.51. The van der Waals surface area contributed by atoms with Crippen LogP contribution in [0.2, 0.25) is 0 Å². The first-order valence-corrected chi connectivity index (χ1v) is 12.3. The number of hydrogen-bond acceptors (Lipinski definition) is 7. The number of aromatic nitrogens is 1. The van der Waals surface area contributed by atoms with Crippen molar-refractivity contribution in [1.82, 2.24) is 9.88 Å². The van der Waals surface area contributed by atoms with Crippen LogP contribution in [0.15, 0.2) is 30.5 Å². The number of piperidine rings is 1. The third-order valence-corrected chi connectivity index (χ3v) is 8.53. The average molecular weight is 473 g/mol. The second-order valence-corrected chi connectivity index (χ2v) is 10.6. The van der Waals surface area contributed by atoms with Gasteiger partial charge in [-0.2, -0.15) is 5.26 Å². The SMILES string of the molecule is Cc1c(C(O)CN2C3CCC2CC2(CC(=O)N(c4ccc(C#N)cn4)C2)C3)ccc2c1COC2=O. The van der Waals surface area contributed by atoms with Crippen LogP contribution < -0.4 is 4.90 Å². The summed E-state index contributed by atoms with van der Waals surface area (Å²) >= 11 is 0. The first-order valence-electron chi connectivity index (χ1n) is 12.3. The maximum absolute atomic E-state index is 13.0. The number of hydrogen-bond donors (Lipinski definition) is 1. The van der Waals surface area contributed by atoms with Gasteiger partial charge in [0.25, 0.3) is 0 Å². The number of amides is 1. The van der Waals surface area contributed by atoms with Crippen LogP contribution in [0.5, 0.6) is 0 Å². The molecule has 5 heterocycles. The van der Waals surface area contributed by atoms with Gasteiger partial charge < -0.3 is 9.84 Å². The summed E-state index contributed by atoms with van der Waals surface area (Å²) in [7, 11) is 0. The van der Waals surface area contributed by atoms with Gasteiger partial charge in [-0.05, 0) is 61.9 Å². The van der Waals surface area contributed by atoms with Gasteiger partial charge in [-0.1, -0.05) is 6.07 Å². The van der Waals surface area contributed by atoms with Gasteiger partial charge in [0.15, 0.2) is 0 Å². The van der Waals surface area contributed by atoms with Crippen molar-refractivity contribution in [2.24, 2.45) is 5.41 Å². The molecule has 1 aromatic heterocycles. The highest BCUT2D eigenvalue weighted by Gasteiger charge is 2.53. The van der Waals surface area contributed by atoms with Gasteiger partial charge >= 0.3 is 5.97 Å². The molecule has 180 valence electrons. The zero-order valence-corrected chi connectivity index (χ0v) is 19.7. The van der Waals surface area contributed by atoms with Crippen molar-refractivity contribution in [3.8, 4) is 6.07 Å². The van der Waals surface area contributed by atoms with Gasteiger partial charge in [0.05, 0.1) is 17.2 Å². The molecule has 4 aliphatic heterocycles. The quantitative estimate of drug-likeness (QED) is 0.682. The third-order valence-electron chi connectivity index (χ3n) is 8.53. The Labute approximate surface area is 204 Å². The molecule has 3 atom stereocenters. The van der Waals surface area contributed by atoms with Crippen LogP contribution in [0.1, 0.15) is 70.8 Å². The van der Waals surface area contributed by atoms with E-state index in [1.807, 2.05) is 13.0 Å². The number of nitrogens with zero attached hydrogens (tertiary/aromatic N) is 4. The molecule has 2 bridgehead atoms. The van der Waals surface area contributed by atoms with Gasteiger partial charge in [-0.15, -0.1) is 0 Å². The Bertz CT molecular complexity index is 1240. The van der Waals surface area contributed by atoms with E-state index in [1.165, 1.54) is 6.20 Å². The first kappa shape index (κ1) is 22.2. The number of anilines is 1. The topological polar surface area (TPSA) is 107 Å². The summed E-state index contributed by atoms with van der Waals surface area (Å²) in [6, 6.07) is 9.84. The number of pyridine rings is 1. The Morgan fingerprint density at radius 1 is 1.23 bits per heavy atom. The summed E-state index contributed by atoms with van der Waals surface area (Å²) in [5, 5.41) is 20.2. The molecule has 8 heteroatoms. The minimum Gasteiger partial charge on any atom is -0.457 e. The molecule has 4 aliphatic rings. The van der Waals surface area contributed by atoms with Crippen molar-refractivity contribution in [2.45, 2.75) is 63.8 Å². The monoisotopic (exact) mass is 472 g/mol. The minimum absolute atomic E-state index is 0.0683. The van der Waals surface area contributed by atoms with E-state index < -0.39 is 6.10 Å². The van der Waals surface area contributed by atoms with Crippen molar-refractivity contribution in [1.29, 1.82) is 5.26 Å². The number of aliphatic hydroxyl groups excluding tert-OH is 1. The van der Waals surface area contributed by atoms with Crippen molar-refractivity contribution in [3.05, 3.63) is 58.3 Å². The van der Waals surface area contributed by atoms with Crippen molar-refractivity contribution >= 4 is 17.7 Å². The molecule has 0 saturated carbocycles. The highest BCUT2D eigenvalue weighted by atomic mass is 16.5. The normalized spacial score (nSPS) is 28.3. The molecule has 8 nitrogen and oxygen atoms in total. The van der Waals surface area contributed by atoms with Crippen LogP contribution in [-0.4, -0.2) is 52.0 Å². The Balaban J connectivity index is 1.17. The standard InChI is InChI=1S/C27H28N4O4/c1-16-20(5-6-21-22(16)14-35-26(21)34)23(32)13-30-18-3-4-19(30)9-27(8-18)10-25(33)31(15-27)24-7-2-17(11-28)12-29-24/h2,5-7,12,18-19,23,32H,3-4,8-10,13-15H2,1H3. The lowest BCUT2D eigenvalue weighted by molar-refractivity contribution is -0.118. The summed E-state index contributed by atoms with van der Waals surface area (Å²) in [5.41, 5.74) is 3.70. The fraction of sp³-hybridized carbons (Fsp3) is 0.481. The van der Waals surface area contributed by atoms with Crippen molar-refractivity contribution in [2.75, 3.05) is 18.0 Å². The van der Waals surface area contributed by atoms with Gasteiger partial charge in [-0.25, -0.2) is 9.78 Å². The van der Waals surface area contributed by atoms with Crippen LogP contribution in [0.3, 0.4) is 0 Å². The van der Waals surface area contributed by atoms with Crippen LogP contribution in [0.25, 0.3) is 0 Å². The first-order chi connectivity index (χ1) is 16.9. The van der Waals surface area contributed by atoms with Crippen LogP contribution >= 0.6 is 0 Å². The van der Waals surface area contributed by atoms with E-state index in [4.69, 9.17) is 10.00 Å². The number of rotatable bonds is 4. The maximum Gasteiger partial charge on any atom is 0.338 e.